The van der Waals surface area contributed by atoms with Crippen molar-refractivity contribution in [1.82, 2.24) is 4.98 Å². The standard InChI is InChI=1S/C8H7BrF3NO/c9-1-5-7(10)6(8(11)12)4(3-14)2-13-5/h2,8,14H,1,3H2. The first-order valence-corrected chi connectivity index (χ1v) is 4.85. The summed E-state index contributed by atoms with van der Waals surface area (Å²) in [6.07, 6.45) is -1.89. The van der Waals surface area contributed by atoms with E-state index in [4.69, 9.17) is 5.11 Å². The van der Waals surface area contributed by atoms with Crippen molar-refractivity contribution in [2.75, 3.05) is 0 Å². The van der Waals surface area contributed by atoms with Gasteiger partial charge in [0, 0.05) is 17.1 Å². The Kier molecular flexibility index (Phi) is 3.88. The molecule has 0 amide bonds. The summed E-state index contributed by atoms with van der Waals surface area (Å²) < 4.78 is 38.1. The van der Waals surface area contributed by atoms with Crippen molar-refractivity contribution in [3.8, 4) is 0 Å². The van der Waals surface area contributed by atoms with Crippen molar-refractivity contribution in [1.29, 1.82) is 0 Å². The van der Waals surface area contributed by atoms with Gasteiger partial charge in [-0.1, -0.05) is 15.9 Å². The van der Waals surface area contributed by atoms with E-state index in [0.29, 0.717) is 0 Å². The van der Waals surface area contributed by atoms with Gasteiger partial charge in [-0.25, -0.2) is 13.2 Å². The number of nitrogens with zero attached hydrogens (tertiary/aromatic N) is 1. The Morgan fingerprint density at radius 3 is 2.57 bits per heavy atom. The molecule has 0 saturated heterocycles. The minimum Gasteiger partial charge on any atom is -0.392 e. The molecule has 0 unspecified atom stereocenters. The number of hydrogen-bond acceptors (Lipinski definition) is 2. The summed E-state index contributed by atoms with van der Waals surface area (Å²) in [7, 11) is 0. The van der Waals surface area contributed by atoms with Gasteiger partial charge in [-0.15, -0.1) is 0 Å². The molecule has 6 heteroatoms. The normalized spacial score (nSPS) is 11.0. The lowest BCUT2D eigenvalue weighted by molar-refractivity contribution is 0.141. The molecule has 1 aromatic heterocycles. The fraction of sp³-hybridized carbons (Fsp3) is 0.375. The average molecular weight is 270 g/mol. The zero-order valence-electron chi connectivity index (χ0n) is 6.98. The molecule has 0 bridgehead atoms. The zero-order valence-corrected chi connectivity index (χ0v) is 8.56. The van der Waals surface area contributed by atoms with Crippen LogP contribution in [0.4, 0.5) is 13.2 Å². The quantitative estimate of drug-likeness (QED) is 0.856. The summed E-state index contributed by atoms with van der Waals surface area (Å²) >= 11 is 2.93. The minimum absolute atomic E-state index is 0.0598. The summed E-state index contributed by atoms with van der Waals surface area (Å²) in [5.41, 5.74) is -1.03. The number of pyridine rings is 1. The zero-order chi connectivity index (χ0) is 10.7. The van der Waals surface area contributed by atoms with Crippen LogP contribution in [-0.2, 0) is 11.9 Å². The maximum absolute atomic E-state index is 13.3. The van der Waals surface area contributed by atoms with E-state index in [1.165, 1.54) is 0 Å². The Bertz CT molecular complexity index is 333. The van der Waals surface area contributed by atoms with Gasteiger partial charge in [-0.2, -0.15) is 0 Å². The average Bonchev–Trinajstić information content (AvgIpc) is 2.16. The molecule has 1 heterocycles. The second-order valence-electron chi connectivity index (χ2n) is 2.55. The number of aromatic nitrogens is 1. The van der Waals surface area contributed by atoms with E-state index in [-0.39, 0.29) is 16.6 Å². The Hall–Kier alpha value is -0.620. The van der Waals surface area contributed by atoms with Gasteiger partial charge in [-0.3, -0.25) is 4.98 Å². The summed E-state index contributed by atoms with van der Waals surface area (Å²) in [5, 5.41) is 8.76. The van der Waals surface area contributed by atoms with Gasteiger partial charge >= 0.3 is 0 Å². The van der Waals surface area contributed by atoms with Crippen LogP contribution in [0.3, 0.4) is 0 Å². The van der Waals surface area contributed by atoms with Gasteiger partial charge in [-0.05, 0) is 0 Å². The molecule has 1 rings (SSSR count). The summed E-state index contributed by atoms with van der Waals surface area (Å²) in [5.74, 6) is -1.05. The SMILES string of the molecule is OCc1cnc(CBr)c(F)c1C(F)F. The monoisotopic (exact) mass is 269 g/mol. The van der Waals surface area contributed by atoms with Crippen LogP contribution in [0.1, 0.15) is 23.2 Å². The maximum atomic E-state index is 13.3. The molecule has 0 fully saturated rings. The first kappa shape index (κ1) is 11.5. The van der Waals surface area contributed by atoms with E-state index >= 15 is 0 Å². The fourth-order valence-electron chi connectivity index (χ4n) is 1.03. The Morgan fingerprint density at radius 2 is 2.14 bits per heavy atom. The van der Waals surface area contributed by atoms with Crippen LogP contribution < -0.4 is 0 Å². The van der Waals surface area contributed by atoms with Crippen LogP contribution in [0, 0.1) is 5.82 Å². The van der Waals surface area contributed by atoms with Gasteiger partial charge in [0.15, 0.2) is 5.82 Å². The highest BCUT2D eigenvalue weighted by molar-refractivity contribution is 9.08. The fourth-order valence-corrected chi connectivity index (χ4v) is 1.42. The molecule has 0 aromatic carbocycles. The number of hydrogen-bond donors (Lipinski definition) is 1. The van der Waals surface area contributed by atoms with E-state index in [2.05, 4.69) is 20.9 Å². The molecule has 0 aliphatic rings. The first-order valence-electron chi connectivity index (χ1n) is 3.73. The molecular formula is C8H7BrF3NO. The lowest BCUT2D eigenvalue weighted by Crippen LogP contribution is -2.04. The lowest BCUT2D eigenvalue weighted by Gasteiger charge is -2.09. The van der Waals surface area contributed by atoms with Crippen molar-refractivity contribution in [2.45, 2.75) is 18.4 Å². The van der Waals surface area contributed by atoms with Crippen LogP contribution in [0.2, 0.25) is 0 Å². The molecule has 0 spiro atoms. The molecule has 0 saturated carbocycles. The summed E-state index contributed by atoms with van der Waals surface area (Å²) in [6.45, 7) is -0.647. The van der Waals surface area contributed by atoms with Crippen molar-refractivity contribution in [2.24, 2.45) is 0 Å². The van der Waals surface area contributed by atoms with Crippen LogP contribution in [-0.4, -0.2) is 10.1 Å². The summed E-state index contributed by atoms with van der Waals surface area (Å²) in [4.78, 5) is 3.60. The molecule has 0 atom stereocenters. The second-order valence-corrected chi connectivity index (χ2v) is 3.11. The number of rotatable bonds is 3. The smallest absolute Gasteiger partial charge is 0.267 e. The Morgan fingerprint density at radius 1 is 1.50 bits per heavy atom. The molecule has 0 radical (unpaired) electrons. The van der Waals surface area contributed by atoms with Crippen LogP contribution >= 0.6 is 15.9 Å². The van der Waals surface area contributed by atoms with E-state index in [0.717, 1.165) is 6.20 Å². The molecule has 14 heavy (non-hydrogen) atoms. The van der Waals surface area contributed by atoms with E-state index in [9.17, 15) is 13.2 Å². The number of alkyl halides is 3. The van der Waals surface area contributed by atoms with Crippen molar-refractivity contribution in [3.05, 3.63) is 28.8 Å². The molecule has 2 nitrogen and oxygen atoms in total. The maximum Gasteiger partial charge on any atom is 0.267 e. The molecular weight excluding hydrogens is 263 g/mol. The third kappa shape index (κ3) is 2.06. The highest BCUT2D eigenvalue weighted by Gasteiger charge is 2.21. The highest BCUT2D eigenvalue weighted by atomic mass is 79.9. The Balaban J connectivity index is 3.31. The first-order chi connectivity index (χ1) is 6.61. The number of aliphatic hydroxyl groups is 1. The van der Waals surface area contributed by atoms with Crippen molar-refractivity contribution >= 4 is 15.9 Å². The Labute approximate surface area is 86.9 Å². The van der Waals surface area contributed by atoms with Crippen molar-refractivity contribution < 1.29 is 18.3 Å². The van der Waals surface area contributed by atoms with E-state index in [1.807, 2.05) is 0 Å². The van der Waals surface area contributed by atoms with Gasteiger partial charge in [0.05, 0.1) is 17.9 Å². The summed E-state index contributed by atoms with van der Waals surface area (Å²) in [6, 6.07) is 0. The highest BCUT2D eigenvalue weighted by Crippen LogP contribution is 2.27. The van der Waals surface area contributed by atoms with Crippen molar-refractivity contribution in [3.63, 3.8) is 0 Å². The van der Waals surface area contributed by atoms with E-state index < -0.39 is 24.4 Å². The number of aliphatic hydroxyl groups excluding tert-OH is 1. The third-order valence-corrected chi connectivity index (χ3v) is 2.26. The van der Waals surface area contributed by atoms with E-state index in [1.54, 1.807) is 0 Å². The van der Waals surface area contributed by atoms with Gasteiger partial charge < -0.3 is 5.11 Å². The minimum atomic E-state index is -2.95. The van der Waals surface area contributed by atoms with Gasteiger partial charge in [0.25, 0.3) is 6.43 Å². The molecule has 78 valence electrons. The predicted octanol–water partition coefficient (Wildman–Crippen LogP) is 2.55. The molecule has 1 aromatic rings. The molecule has 0 aliphatic carbocycles. The van der Waals surface area contributed by atoms with Crippen LogP contribution in [0.15, 0.2) is 6.20 Å². The third-order valence-electron chi connectivity index (χ3n) is 1.73. The lowest BCUT2D eigenvalue weighted by atomic mass is 10.1. The van der Waals surface area contributed by atoms with Gasteiger partial charge in [0.1, 0.15) is 0 Å². The molecule has 1 N–H and O–H groups in total. The van der Waals surface area contributed by atoms with Gasteiger partial charge in [0.2, 0.25) is 0 Å². The topological polar surface area (TPSA) is 33.1 Å². The molecule has 0 aliphatic heterocycles. The second kappa shape index (κ2) is 4.75. The van der Waals surface area contributed by atoms with Crippen LogP contribution in [0.25, 0.3) is 0 Å². The van der Waals surface area contributed by atoms with Crippen LogP contribution in [0.5, 0.6) is 0 Å². The predicted molar refractivity (Wildman–Crippen MR) is 47.7 cm³/mol. The largest absolute Gasteiger partial charge is 0.392 e. The number of halogens is 4.